The summed E-state index contributed by atoms with van der Waals surface area (Å²) in [5.41, 5.74) is 2.98. The molecule has 4 aromatic rings. The van der Waals surface area contributed by atoms with Crippen molar-refractivity contribution >= 4 is 38.8 Å². The molecule has 4 rings (SSSR count). The van der Waals surface area contributed by atoms with Crippen LogP contribution in [0.5, 0.6) is 0 Å². The highest BCUT2D eigenvalue weighted by molar-refractivity contribution is 6.18. The smallest absolute Gasteiger partial charge is 0.136 e. The lowest BCUT2D eigenvalue weighted by Crippen LogP contribution is -1.74. The Morgan fingerprint density at radius 2 is 1.68 bits per heavy atom. The van der Waals surface area contributed by atoms with Gasteiger partial charge in [-0.25, -0.2) is 0 Å². The zero-order chi connectivity index (χ0) is 12.8. The van der Waals surface area contributed by atoms with Gasteiger partial charge < -0.3 is 4.42 Å². The molecular formula is C18H12O. The lowest BCUT2D eigenvalue weighted by atomic mass is 10.0. The Morgan fingerprint density at radius 3 is 2.58 bits per heavy atom. The van der Waals surface area contributed by atoms with Crippen molar-refractivity contribution in [2.24, 2.45) is 0 Å². The molecule has 0 fully saturated rings. The van der Waals surface area contributed by atoms with Gasteiger partial charge >= 0.3 is 0 Å². The van der Waals surface area contributed by atoms with Crippen molar-refractivity contribution in [3.05, 3.63) is 66.7 Å². The van der Waals surface area contributed by atoms with Crippen molar-refractivity contribution < 1.29 is 4.42 Å². The van der Waals surface area contributed by atoms with Gasteiger partial charge in [-0.2, -0.15) is 0 Å². The van der Waals surface area contributed by atoms with Gasteiger partial charge in [0.1, 0.15) is 11.2 Å². The van der Waals surface area contributed by atoms with E-state index in [0.29, 0.717) is 0 Å². The fraction of sp³-hybridized carbons (Fsp3) is 0. The molecular weight excluding hydrogens is 232 g/mol. The van der Waals surface area contributed by atoms with E-state index in [4.69, 9.17) is 4.42 Å². The lowest BCUT2D eigenvalue weighted by molar-refractivity contribution is 0.669. The number of benzene rings is 3. The van der Waals surface area contributed by atoms with Crippen LogP contribution in [-0.2, 0) is 0 Å². The van der Waals surface area contributed by atoms with Crippen LogP contribution in [0.3, 0.4) is 0 Å². The zero-order valence-corrected chi connectivity index (χ0v) is 10.4. The lowest BCUT2D eigenvalue weighted by Gasteiger charge is -1.99. The van der Waals surface area contributed by atoms with E-state index < -0.39 is 0 Å². The number of fused-ring (bicyclic) bond motifs is 5. The van der Waals surface area contributed by atoms with E-state index in [1.165, 1.54) is 16.2 Å². The summed E-state index contributed by atoms with van der Waals surface area (Å²) in [5, 5.41) is 4.82. The number of rotatable bonds is 1. The van der Waals surface area contributed by atoms with E-state index in [2.05, 4.69) is 43.0 Å². The summed E-state index contributed by atoms with van der Waals surface area (Å²) in [5.74, 6) is 0. The predicted molar refractivity (Wildman–Crippen MR) is 81.3 cm³/mol. The van der Waals surface area contributed by atoms with Crippen LogP contribution in [-0.4, -0.2) is 0 Å². The van der Waals surface area contributed by atoms with Crippen LogP contribution in [0.4, 0.5) is 0 Å². The Kier molecular flexibility index (Phi) is 2.04. The molecule has 19 heavy (non-hydrogen) atoms. The number of hydrogen-bond donors (Lipinski definition) is 0. The van der Waals surface area contributed by atoms with Crippen molar-refractivity contribution in [3.63, 3.8) is 0 Å². The summed E-state index contributed by atoms with van der Waals surface area (Å²) in [4.78, 5) is 0. The molecule has 1 aromatic heterocycles. The maximum atomic E-state index is 5.93. The van der Waals surface area contributed by atoms with Crippen molar-refractivity contribution in [1.82, 2.24) is 0 Å². The van der Waals surface area contributed by atoms with E-state index in [9.17, 15) is 0 Å². The molecule has 90 valence electrons. The van der Waals surface area contributed by atoms with E-state index in [0.717, 1.165) is 22.1 Å². The molecule has 0 amide bonds. The molecule has 3 aromatic carbocycles. The average Bonchev–Trinajstić information content (AvgIpc) is 2.85. The van der Waals surface area contributed by atoms with Crippen molar-refractivity contribution in [3.8, 4) is 0 Å². The Bertz CT molecular complexity index is 928. The topological polar surface area (TPSA) is 13.1 Å². The first-order valence-corrected chi connectivity index (χ1v) is 6.33. The van der Waals surface area contributed by atoms with Crippen LogP contribution in [0.1, 0.15) is 5.56 Å². The van der Waals surface area contributed by atoms with Gasteiger partial charge in [-0.05, 0) is 34.5 Å². The first-order chi connectivity index (χ1) is 9.36. The van der Waals surface area contributed by atoms with Crippen molar-refractivity contribution in [1.29, 1.82) is 0 Å². The molecule has 0 aliphatic rings. The second-order valence-corrected chi connectivity index (χ2v) is 4.72. The Hall–Kier alpha value is -2.54. The van der Waals surface area contributed by atoms with Crippen LogP contribution in [0, 0.1) is 0 Å². The second kappa shape index (κ2) is 3.72. The maximum Gasteiger partial charge on any atom is 0.136 e. The highest BCUT2D eigenvalue weighted by atomic mass is 16.3. The summed E-state index contributed by atoms with van der Waals surface area (Å²) in [6.45, 7) is 3.83. The molecule has 0 aliphatic carbocycles. The van der Waals surface area contributed by atoms with Crippen LogP contribution >= 0.6 is 0 Å². The Morgan fingerprint density at radius 1 is 0.842 bits per heavy atom. The number of furan rings is 1. The first-order valence-electron chi connectivity index (χ1n) is 6.33. The predicted octanol–water partition coefficient (Wildman–Crippen LogP) is 5.38. The third kappa shape index (κ3) is 1.42. The summed E-state index contributed by atoms with van der Waals surface area (Å²) < 4.78 is 5.93. The third-order valence-electron chi connectivity index (χ3n) is 3.62. The summed E-state index contributed by atoms with van der Waals surface area (Å²) in [7, 11) is 0. The van der Waals surface area contributed by atoms with Gasteiger partial charge in [0, 0.05) is 10.8 Å². The number of hydrogen-bond acceptors (Lipinski definition) is 1. The van der Waals surface area contributed by atoms with E-state index in [1.54, 1.807) is 0 Å². The SMILES string of the molecule is C=Cc1ccc2oc3ccc4ccccc4c3c2c1. The van der Waals surface area contributed by atoms with E-state index in [1.807, 2.05) is 24.3 Å². The van der Waals surface area contributed by atoms with Gasteiger partial charge in [-0.3, -0.25) is 0 Å². The standard InChI is InChI=1S/C18H12O/c1-2-12-7-9-16-15(11-12)18-14-6-4-3-5-13(14)8-10-17(18)19-16/h2-11H,1H2. The van der Waals surface area contributed by atoms with Gasteiger partial charge in [0.25, 0.3) is 0 Å². The van der Waals surface area contributed by atoms with E-state index in [-0.39, 0.29) is 0 Å². The van der Waals surface area contributed by atoms with E-state index >= 15 is 0 Å². The third-order valence-corrected chi connectivity index (χ3v) is 3.62. The minimum Gasteiger partial charge on any atom is -0.456 e. The van der Waals surface area contributed by atoms with Gasteiger partial charge in [0.2, 0.25) is 0 Å². The molecule has 1 nitrogen and oxygen atoms in total. The fourth-order valence-electron chi connectivity index (χ4n) is 2.69. The van der Waals surface area contributed by atoms with Crippen LogP contribution in [0.2, 0.25) is 0 Å². The molecule has 0 spiro atoms. The largest absolute Gasteiger partial charge is 0.456 e. The molecule has 0 atom stereocenters. The summed E-state index contributed by atoms with van der Waals surface area (Å²) >= 11 is 0. The molecule has 0 N–H and O–H groups in total. The van der Waals surface area contributed by atoms with Gasteiger partial charge in [-0.1, -0.05) is 49.1 Å². The molecule has 0 unspecified atom stereocenters. The molecule has 0 bridgehead atoms. The first kappa shape index (κ1) is 10.4. The molecule has 1 heterocycles. The summed E-state index contributed by atoms with van der Waals surface area (Å²) in [6, 6.07) is 18.7. The Balaban J connectivity index is 2.30. The van der Waals surface area contributed by atoms with Crippen LogP contribution < -0.4 is 0 Å². The molecule has 1 heteroatoms. The molecule has 0 saturated heterocycles. The zero-order valence-electron chi connectivity index (χ0n) is 10.4. The molecule has 0 radical (unpaired) electrons. The normalized spacial score (nSPS) is 11.4. The Labute approximate surface area is 110 Å². The second-order valence-electron chi connectivity index (χ2n) is 4.72. The molecule has 0 aliphatic heterocycles. The maximum absolute atomic E-state index is 5.93. The van der Waals surface area contributed by atoms with Gasteiger partial charge in [-0.15, -0.1) is 0 Å². The average molecular weight is 244 g/mol. The monoisotopic (exact) mass is 244 g/mol. The van der Waals surface area contributed by atoms with Crippen LogP contribution in [0.15, 0.2) is 65.6 Å². The minimum atomic E-state index is 0.928. The van der Waals surface area contributed by atoms with Gasteiger partial charge in [0.15, 0.2) is 0 Å². The quantitative estimate of drug-likeness (QED) is 0.438. The fourth-order valence-corrected chi connectivity index (χ4v) is 2.69. The molecule has 0 saturated carbocycles. The highest BCUT2D eigenvalue weighted by Gasteiger charge is 2.10. The summed E-state index contributed by atoms with van der Waals surface area (Å²) in [6.07, 6.45) is 1.86. The van der Waals surface area contributed by atoms with Crippen molar-refractivity contribution in [2.45, 2.75) is 0 Å². The van der Waals surface area contributed by atoms with Crippen molar-refractivity contribution in [2.75, 3.05) is 0 Å². The van der Waals surface area contributed by atoms with Gasteiger partial charge in [0.05, 0.1) is 0 Å². The highest BCUT2D eigenvalue weighted by Crippen LogP contribution is 2.34. The van der Waals surface area contributed by atoms with Crippen LogP contribution in [0.25, 0.3) is 38.8 Å². The minimum absolute atomic E-state index is 0.928.